The second-order valence-electron chi connectivity index (χ2n) is 9.07. The van der Waals surface area contributed by atoms with Gasteiger partial charge in [-0.1, -0.05) is 19.3 Å². The van der Waals surface area contributed by atoms with Crippen molar-refractivity contribution in [3.8, 4) is 0 Å². The molecule has 3 fully saturated rings. The van der Waals surface area contributed by atoms with Gasteiger partial charge < -0.3 is 14.7 Å². The van der Waals surface area contributed by atoms with Gasteiger partial charge in [0.05, 0.1) is 0 Å². The summed E-state index contributed by atoms with van der Waals surface area (Å²) in [5, 5.41) is 6.88. The molecule has 0 spiro atoms. The van der Waals surface area contributed by atoms with Crippen molar-refractivity contribution in [3.05, 3.63) is 18.0 Å². The number of nitrogens with zero attached hydrogens (tertiary/aromatic N) is 4. The second-order valence-corrected chi connectivity index (χ2v) is 9.07. The summed E-state index contributed by atoms with van der Waals surface area (Å²) in [4.78, 5) is 20.5. The van der Waals surface area contributed by atoms with Gasteiger partial charge in [-0.25, -0.2) is 0 Å². The van der Waals surface area contributed by atoms with E-state index in [1.54, 1.807) is 6.20 Å². The van der Waals surface area contributed by atoms with Crippen LogP contribution in [0, 0.1) is 5.92 Å². The molecule has 1 saturated carbocycles. The zero-order valence-corrected chi connectivity index (χ0v) is 17.3. The molecular formula is C22H37N5O. The summed E-state index contributed by atoms with van der Waals surface area (Å²) in [5.41, 5.74) is 0.627. The number of rotatable bonds is 7. The number of piperidine rings is 2. The lowest BCUT2D eigenvalue weighted by atomic mass is 9.95. The Morgan fingerprint density at radius 2 is 1.89 bits per heavy atom. The van der Waals surface area contributed by atoms with E-state index < -0.39 is 0 Å². The van der Waals surface area contributed by atoms with E-state index in [0.717, 1.165) is 25.7 Å². The van der Waals surface area contributed by atoms with E-state index >= 15 is 0 Å². The van der Waals surface area contributed by atoms with Gasteiger partial charge in [0.25, 0.3) is 5.91 Å². The van der Waals surface area contributed by atoms with Crippen LogP contribution in [0.15, 0.2) is 12.3 Å². The van der Waals surface area contributed by atoms with Crippen molar-refractivity contribution in [1.29, 1.82) is 0 Å². The fourth-order valence-corrected chi connectivity index (χ4v) is 5.43. The van der Waals surface area contributed by atoms with Crippen molar-refractivity contribution in [2.45, 2.75) is 63.8 Å². The third-order valence-electron chi connectivity index (χ3n) is 7.02. The van der Waals surface area contributed by atoms with E-state index in [1.165, 1.54) is 84.0 Å². The summed E-state index contributed by atoms with van der Waals surface area (Å²) in [6.07, 6.45) is 13.7. The van der Waals surface area contributed by atoms with Gasteiger partial charge in [-0.05, 0) is 70.1 Å². The zero-order valence-electron chi connectivity index (χ0n) is 17.3. The molecule has 3 heterocycles. The quantitative estimate of drug-likeness (QED) is 0.781. The molecule has 28 heavy (non-hydrogen) atoms. The Bertz CT molecular complexity index is 592. The molecule has 1 amide bonds. The summed E-state index contributed by atoms with van der Waals surface area (Å²) < 4.78 is 0. The third kappa shape index (κ3) is 5.15. The van der Waals surface area contributed by atoms with Crippen LogP contribution in [0.2, 0.25) is 0 Å². The highest BCUT2D eigenvalue weighted by atomic mass is 16.2. The minimum atomic E-state index is 0.118. The molecule has 3 aliphatic rings. The van der Waals surface area contributed by atoms with E-state index in [0.29, 0.717) is 11.6 Å². The lowest BCUT2D eigenvalue weighted by Crippen LogP contribution is -2.47. The zero-order chi connectivity index (χ0) is 19.2. The fraction of sp³-hybridized carbons (Fsp3) is 0.818. The number of nitrogens with one attached hydrogen (secondary N) is 1. The first-order chi connectivity index (χ1) is 13.8. The molecule has 1 aromatic heterocycles. The number of likely N-dealkylation sites (tertiary alicyclic amines) is 2. The molecule has 2 aliphatic heterocycles. The molecule has 1 aromatic rings. The molecule has 6 heteroatoms. The molecule has 4 rings (SSSR count). The van der Waals surface area contributed by atoms with Crippen LogP contribution in [-0.2, 0) is 0 Å². The molecule has 1 N–H and O–H groups in total. The highest BCUT2D eigenvalue weighted by Gasteiger charge is 2.30. The number of aromatic amines is 1. The standard InChI is InChI=1S/C22H37N5O/c28-22(21-10-11-23-24-21)27(16-15-25-12-4-1-5-13-25)18-19-7-6-14-26(17-19)20-8-2-3-9-20/h10-11,19-20H,1-9,12-18H2,(H,23,24)/t19-/m1/s1. The van der Waals surface area contributed by atoms with Gasteiger partial charge in [0.1, 0.15) is 5.69 Å². The Labute approximate surface area is 169 Å². The van der Waals surface area contributed by atoms with E-state index in [1.807, 2.05) is 6.07 Å². The van der Waals surface area contributed by atoms with Crippen molar-refractivity contribution in [2.75, 3.05) is 45.8 Å². The topological polar surface area (TPSA) is 55.5 Å². The van der Waals surface area contributed by atoms with Crippen LogP contribution in [0.4, 0.5) is 0 Å². The van der Waals surface area contributed by atoms with E-state index in [2.05, 4.69) is 24.9 Å². The maximum absolute atomic E-state index is 13.1. The predicted octanol–water partition coefficient (Wildman–Crippen LogP) is 2.99. The highest BCUT2D eigenvalue weighted by molar-refractivity contribution is 5.92. The predicted molar refractivity (Wildman–Crippen MR) is 111 cm³/mol. The highest BCUT2D eigenvalue weighted by Crippen LogP contribution is 2.28. The smallest absolute Gasteiger partial charge is 0.271 e. The van der Waals surface area contributed by atoms with Crippen LogP contribution < -0.4 is 0 Å². The number of carbonyl (C=O) groups is 1. The molecule has 0 unspecified atom stereocenters. The van der Waals surface area contributed by atoms with Gasteiger partial charge in [-0.3, -0.25) is 9.89 Å². The summed E-state index contributed by atoms with van der Waals surface area (Å²) in [6, 6.07) is 2.61. The van der Waals surface area contributed by atoms with Gasteiger partial charge in [-0.2, -0.15) is 5.10 Å². The summed E-state index contributed by atoms with van der Waals surface area (Å²) in [6.45, 7) is 7.51. The average Bonchev–Trinajstić information content (AvgIpc) is 3.46. The van der Waals surface area contributed by atoms with Crippen molar-refractivity contribution in [2.24, 2.45) is 5.92 Å². The van der Waals surface area contributed by atoms with Gasteiger partial charge >= 0.3 is 0 Å². The average molecular weight is 388 g/mol. The first kappa shape index (κ1) is 19.9. The molecule has 1 atom stereocenters. The van der Waals surface area contributed by atoms with E-state index in [4.69, 9.17) is 0 Å². The Morgan fingerprint density at radius 1 is 1.07 bits per heavy atom. The first-order valence-corrected chi connectivity index (χ1v) is 11.5. The Balaban J connectivity index is 1.36. The maximum atomic E-state index is 13.1. The van der Waals surface area contributed by atoms with Crippen LogP contribution >= 0.6 is 0 Å². The van der Waals surface area contributed by atoms with Crippen LogP contribution in [0.25, 0.3) is 0 Å². The number of H-pyrrole nitrogens is 1. The van der Waals surface area contributed by atoms with E-state index in [-0.39, 0.29) is 5.91 Å². The van der Waals surface area contributed by atoms with Crippen LogP contribution in [0.5, 0.6) is 0 Å². The normalized spacial score (nSPS) is 25.2. The molecule has 0 radical (unpaired) electrons. The second kappa shape index (κ2) is 9.88. The Kier molecular flexibility index (Phi) is 7.02. The summed E-state index contributed by atoms with van der Waals surface area (Å²) in [7, 11) is 0. The number of aromatic nitrogens is 2. The summed E-state index contributed by atoms with van der Waals surface area (Å²) >= 11 is 0. The molecular weight excluding hydrogens is 350 g/mol. The summed E-state index contributed by atoms with van der Waals surface area (Å²) in [5.74, 6) is 0.718. The van der Waals surface area contributed by atoms with Crippen molar-refractivity contribution >= 4 is 5.91 Å². The molecule has 2 saturated heterocycles. The SMILES string of the molecule is O=C(c1ccn[nH]1)N(CCN1CCCCC1)C[C@@H]1CCCN(C2CCCC2)C1. The maximum Gasteiger partial charge on any atom is 0.271 e. The van der Waals surface area contributed by atoms with Gasteiger partial charge in [0.2, 0.25) is 0 Å². The molecule has 0 bridgehead atoms. The molecule has 0 aromatic carbocycles. The van der Waals surface area contributed by atoms with Gasteiger partial charge in [0, 0.05) is 38.4 Å². The van der Waals surface area contributed by atoms with Crippen LogP contribution in [0.1, 0.15) is 68.3 Å². The fourth-order valence-electron chi connectivity index (χ4n) is 5.43. The lowest BCUT2D eigenvalue weighted by Gasteiger charge is -2.39. The van der Waals surface area contributed by atoms with Gasteiger partial charge in [-0.15, -0.1) is 0 Å². The Hall–Kier alpha value is -1.40. The third-order valence-corrected chi connectivity index (χ3v) is 7.02. The molecule has 1 aliphatic carbocycles. The number of carbonyl (C=O) groups excluding carboxylic acids is 1. The van der Waals surface area contributed by atoms with Crippen molar-refractivity contribution in [1.82, 2.24) is 24.9 Å². The first-order valence-electron chi connectivity index (χ1n) is 11.5. The molecule has 6 nitrogen and oxygen atoms in total. The minimum Gasteiger partial charge on any atom is -0.336 e. The number of amides is 1. The monoisotopic (exact) mass is 387 g/mol. The number of hydrogen-bond donors (Lipinski definition) is 1. The van der Waals surface area contributed by atoms with Crippen LogP contribution in [0.3, 0.4) is 0 Å². The van der Waals surface area contributed by atoms with Gasteiger partial charge in [0.15, 0.2) is 0 Å². The van der Waals surface area contributed by atoms with Crippen molar-refractivity contribution < 1.29 is 4.79 Å². The lowest BCUT2D eigenvalue weighted by molar-refractivity contribution is 0.0604. The minimum absolute atomic E-state index is 0.118. The van der Waals surface area contributed by atoms with Crippen molar-refractivity contribution in [3.63, 3.8) is 0 Å². The van der Waals surface area contributed by atoms with Crippen LogP contribution in [-0.4, -0.2) is 82.7 Å². The van der Waals surface area contributed by atoms with E-state index in [9.17, 15) is 4.79 Å². The number of hydrogen-bond acceptors (Lipinski definition) is 4. The molecule has 156 valence electrons. The largest absolute Gasteiger partial charge is 0.336 e. The Morgan fingerprint density at radius 3 is 2.64 bits per heavy atom.